The second-order valence-corrected chi connectivity index (χ2v) is 2.94. The van der Waals surface area contributed by atoms with Crippen LogP contribution in [0.4, 0.5) is 0 Å². The zero-order valence-corrected chi connectivity index (χ0v) is 7.79. The quantitative estimate of drug-likeness (QED) is 0.786. The van der Waals surface area contributed by atoms with Gasteiger partial charge >= 0.3 is 0 Å². The molecule has 2 aromatic rings. The summed E-state index contributed by atoms with van der Waals surface area (Å²) in [5, 5.41) is 18.5. The molecule has 0 saturated heterocycles. The number of aromatic hydroxyl groups is 2. The van der Waals surface area contributed by atoms with Gasteiger partial charge in [0.15, 0.2) is 11.5 Å². The molecular formula is C11H9NO3. The average Bonchev–Trinajstić information content (AvgIpc) is 2.24. The van der Waals surface area contributed by atoms with Crippen LogP contribution in [-0.2, 0) is 0 Å². The fourth-order valence-electron chi connectivity index (χ4n) is 1.13. The van der Waals surface area contributed by atoms with Crippen molar-refractivity contribution < 1.29 is 14.9 Å². The molecule has 0 unspecified atom stereocenters. The predicted molar refractivity (Wildman–Crippen MR) is 54.1 cm³/mol. The van der Waals surface area contributed by atoms with Gasteiger partial charge in [-0.15, -0.1) is 0 Å². The van der Waals surface area contributed by atoms with Crippen LogP contribution < -0.4 is 4.74 Å². The summed E-state index contributed by atoms with van der Waals surface area (Å²) in [7, 11) is 0. The molecule has 0 spiro atoms. The Morgan fingerprint density at radius 1 is 1.00 bits per heavy atom. The first-order valence-electron chi connectivity index (χ1n) is 4.35. The van der Waals surface area contributed by atoms with E-state index in [1.807, 2.05) is 0 Å². The van der Waals surface area contributed by atoms with Crippen molar-refractivity contribution in [3.05, 3.63) is 42.7 Å². The van der Waals surface area contributed by atoms with E-state index in [-0.39, 0.29) is 11.5 Å². The number of nitrogens with zero attached hydrogens (tertiary/aromatic N) is 1. The monoisotopic (exact) mass is 203 g/mol. The Kier molecular flexibility index (Phi) is 2.41. The maximum Gasteiger partial charge on any atom is 0.169 e. The lowest BCUT2D eigenvalue weighted by Gasteiger charge is -2.06. The molecule has 4 nitrogen and oxygen atoms in total. The Labute approximate surface area is 86.4 Å². The van der Waals surface area contributed by atoms with E-state index < -0.39 is 0 Å². The Hall–Kier alpha value is -2.23. The predicted octanol–water partition coefficient (Wildman–Crippen LogP) is 2.29. The Bertz CT molecular complexity index is 457. The standard InChI is InChI=1S/C11H9NO3/c13-8-1-2-11(10(14)7-8)15-9-3-5-12-6-4-9/h1-7,13-14H. The Morgan fingerprint density at radius 2 is 1.73 bits per heavy atom. The van der Waals surface area contributed by atoms with E-state index in [2.05, 4.69) is 4.98 Å². The maximum atomic E-state index is 9.45. The minimum atomic E-state index is -0.105. The number of rotatable bonds is 2. The number of phenols is 2. The van der Waals surface area contributed by atoms with Crippen LogP contribution in [0, 0.1) is 0 Å². The summed E-state index contributed by atoms with van der Waals surface area (Å²) in [6.07, 6.45) is 3.18. The fourth-order valence-corrected chi connectivity index (χ4v) is 1.13. The number of aromatic nitrogens is 1. The SMILES string of the molecule is Oc1ccc(Oc2ccncc2)c(O)c1. The van der Waals surface area contributed by atoms with Gasteiger partial charge in [0.2, 0.25) is 0 Å². The molecule has 0 fully saturated rings. The third-order valence-electron chi connectivity index (χ3n) is 1.82. The summed E-state index contributed by atoms with van der Waals surface area (Å²) >= 11 is 0. The first-order chi connectivity index (χ1) is 7.25. The van der Waals surface area contributed by atoms with Crippen molar-refractivity contribution in [2.75, 3.05) is 0 Å². The molecule has 2 rings (SSSR count). The van der Waals surface area contributed by atoms with Crippen molar-refractivity contribution in [1.29, 1.82) is 0 Å². The number of hydrogen-bond acceptors (Lipinski definition) is 4. The van der Waals surface area contributed by atoms with Crippen LogP contribution in [0.3, 0.4) is 0 Å². The maximum absolute atomic E-state index is 9.45. The topological polar surface area (TPSA) is 62.6 Å². The Morgan fingerprint density at radius 3 is 2.40 bits per heavy atom. The summed E-state index contributed by atoms with van der Waals surface area (Å²) in [4.78, 5) is 3.84. The van der Waals surface area contributed by atoms with Crippen LogP contribution in [-0.4, -0.2) is 15.2 Å². The Balaban J connectivity index is 2.25. The fraction of sp³-hybridized carbons (Fsp3) is 0. The van der Waals surface area contributed by atoms with Crippen molar-refractivity contribution in [2.24, 2.45) is 0 Å². The summed E-state index contributed by atoms with van der Waals surface area (Å²) in [5.74, 6) is 0.756. The van der Waals surface area contributed by atoms with Gasteiger partial charge in [0.1, 0.15) is 11.5 Å². The van der Waals surface area contributed by atoms with E-state index in [4.69, 9.17) is 9.84 Å². The highest BCUT2D eigenvalue weighted by atomic mass is 16.5. The second kappa shape index (κ2) is 3.88. The highest BCUT2D eigenvalue weighted by molar-refractivity contribution is 5.45. The third-order valence-corrected chi connectivity index (χ3v) is 1.82. The zero-order valence-electron chi connectivity index (χ0n) is 7.79. The molecule has 0 amide bonds. The van der Waals surface area contributed by atoms with Gasteiger partial charge in [0.25, 0.3) is 0 Å². The smallest absolute Gasteiger partial charge is 0.169 e. The summed E-state index contributed by atoms with van der Waals surface area (Å²) in [6.45, 7) is 0. The highest BCUT2D eigenvalue weighted by Crippen LogP contribution is 2.32. The minimum Gasteiger partial charge on any atom is -0.508 e. The second-order valence-electron chi connectivity index (χ2n) is 2.94. The number of phenolic OH excluding ortho intramolecular Hbond substituents is 2. The van der Waals surface area contributed by atoms with Gasteiger partial charge in [-0.25, -0.2) is 0 Å². The van der Waals surface area contributed by atoms with E-state index >= 15 is 0 Å². The first-order valence-corrected chi connectivity index (χ1v) is 4.35. The molecular weight excluding hydrogens is 194 g/mol. The van der Waals surface area contributed by atoms with Crippen molar-refractivity contribution in [3.63, 3.8) is 0 Å². The number of benzene rings is 1. The van der Waals surface area contributed by atoms with Gasteiger partial charge in [0, 0.05) is 18.5 Å². The van der Waals surface area contributed by atoms with Crippen LogP contribution in [0.1, 0.15) is 0 Å². The van der Waals surface area contributed by atoms with Crippen LogP contribution >= 0.6 is 0 Å². The molecule has 0 aliphatic rings. The first kappa shape index (κ1) is 9.33. The van der Waals surface area contributed by atoms with Gasteiger partial charge in [-0.2, -0.15) is 0 Å². The van der Waals surface area contributed by atoms with Gasteiger partial charge in [-0.1, -0.05) is 0 Å². The van der Waals surface area contributed by atoms with E-state index in [0.29, 0.717) is 11.5 Å². The van der Waals surface area contributed by atoms with Crippen molar-refractivity contribution in [1.82, 2.24) is 4.98 Å². The summed E-state index contributed by atoms with van der Waals surface area (Å²) in [6, 6.07) is 7.50. The number of pyridine rings is 1. The minimum absolute atomic E-state index is 0.00502. The lowest BCUT2D eigenvalue weighted by molar-refractivity contribution is 0.403. The third kappa shape index (κ3) is 2.17. The molecule has 0 saturated carbocycles. The van der Waals surface area contributed by atoms with Gasteiger partial charge in [0.05, 0.1) is 0 Å². The summed E-state index contributed by atoms with van der Waals surface area (Å²) < 4.78 is 5.36. The van der Waals surface area contributed by atoms with Crippen LogP contribution in [0.15, 0.2) is 42.7 Å². The van der Waals surface area contributed by atoms with Crippen LogP contribution in [0.25, 0.3) is 0 Å². The number of ether oxygens (including phenoxy) is 1. The van der Waals surface area contributed by atoms with Crippen molar-refractivity contribution in [3.8, 4) is 23.0 Å². The zero-order chi connectivity index (χ0) is 10.7. The van der Waals surface area contributed by atoms with Crippen LogP contribution in [0.2, 0.25) is 0 Å². The molecule has 0 atom stereocenters. The molecule has 0 aliphatic heterocycles. The molecule has 1 heterocycles. The largest absolute Gasteiger partial charge is 0.508 e. The van der Waals surface area contributed by atoms with Gasteiger partial charge in [-0.3, -0.25) is 4.98 Å². The lowest BCUT2D eigenvalue weighted by atomic mass is 10.3. The summed E-state index contributed by atoms with van der Waals surface area (Å²) in [5.41, 5.74) is 0. The normalized spacial score (nSPS) is 9.87. The molecule has 1 aromatic carbocycles. The molecule has 1 aromatic heterocycles. The molecule has 76 valence electrons. The molecule has 0 aliphatic carbocycles. The van der Waals surface area contributed by atoms with Crippen molar-refractivity contribution in [2.45, 2.75) is 0 Å². The van der Waals surface area contributed by atoms with Crippen molar-refractivity contribution >= 4 is 0 Å². The van der Waals surface area contributed by atoms with Gasteiger partial charge in [-0.05, 0) is 24.3 Å². The highest BCUT2D eigenvalue weighted by Gasteiger charge is 2.04. The number of hydrogen-bond donors (Lipinski definition) is 2. The molecule has 0 radical (unpaired) electrons. The molecule has 0 bridgehead atoms. The molecule has 4 heteroatoms. The average molecular weight is 203 g/mol. The lowest BCUT2D eigenvalue weighted by Crippen LogP contribution is -1.84. The van der Waals surface area contributed by atoms with E-state index in [1.165, 1.54) is 18.2 Å². The van der Waals surface area contributed by atoms with E-state index in [9.17, 15) is 5.11 Å². The van der Waals surface area contributed by atoms with Crippen LogP contribution in [0.5, 0.6) is 23.0 Å². The molecule has 2 N–H and O–H groups in total. The van der Waals surface area contributed by atoms with Gasteiger partial charge < -0.3 is 14.9 Å². The van der Waals surface area contributed by atoms with E-state index in [1.54, 1.807) is 24.5 Å². The molecule has 15 heavy (non-hydrogen) atoms. The van der Waals surface area contributed by atoms with E-state index in [0.717, 1.165) is 0 Å².